The SMILES string of the molecule is CCCCN(CCO)C(=O)CC(C(=O)N(CCO)CCCC)C(CC(=O)N(CCCC)CCOC(=O)c1ccccc1)C(=O)N(CCO)CCCC. The second kappa shape index (κ2) is 28.0. The number of esters is 1. The molecule has 0 aliphatic carbocycles. The maximum atomic E-state index is 14.6. The van der Waals surface area contributed by atoms with Gasteiger partial charge < -0.3 is 39.7 Å². The fraction of sp³-hybridized carbons (Fsp3) is 0.718. The third-order valence-corrected chi connectivity index (χ3v) is 9.08. The lowest BCUT2D eigenvalue weighted by Crippen LogP contribution is -2.50. The van der Waals surface area contributed by atoms with E-state index in [0.29, 0.717) is 57.4 Å². The van der Waals surface area contributed by atoms with E-state index in [1.807, 2.05) is 27.7 Å². The first-order valence-corrected chi connectivity index (χ1v) is 19.3. The topological polar surface area (TPSA) is 168 Å². The number of ether oxygens (including phenoxy) is 1. The summed E-state index contributed by atoms with van der Waals surface area (Å²) in [5.74, 6) is -4.87. The zero-order valence-electron chi connectivity index (χ0n) is 32.2. The highest BCUT2D eigenvalue weighted by atomic mass is 16.5. The van der Waals surface area contributed by atoms with Crippen molar-refractivity contribution in [2.75, 3.05) is 78.8 Å². The van der Waals surface area contributed by atoms with Crippen LogP contribution in [0.1, 0.15) is 102 Å². The fourth-order valence-electron chi connectivity index (χ4n) is 5.96. The fourth-order valence-corrected chi connectivity index (χ4v) is 5.96. The highest BCUT2D eigenvalue weighted by Crippen LogP contribution is 2.28. The van der Waals surface area contributed by atoms with Crippen molar-refractivity contribution in [3.05, 3.63) is 35.9 Å². The van der Waals surface area contributed by atoms with E-state index in [1.165, 1.54) is 19.6 Å². The predicted molar refractivity (Wildman–Crippen MR) is 200 cm³/mol. The molecule has 3 N–H and O–H groups in total. The second-order valence-corrected chi connectivity index (χ2v) is 13.1. The van der Waals surface area contributed by atoms with E-state index in [1.54, 1.807) is 30.3 Å². The molecule has 0 aliphatic rings. The van der Waals surface area contributed by atoms with Crippen LogP contribution in [0.2, 0.25) is 0 Å². The van der Waals surface area contributed by atoms with Crippen LogP contribution in [0.15, 0.2) is 30.3 Å². The summed E-state index contributed by atoms with van der Waals surface area (Å²) >= 11 is 0. The minimum absolute atomic E-state index is 0.000164. The van der Waals surface area contributed by atoms with E-state index in [9.17, 15) is 39.3 Å². The van der Waals surface area contributed by atoms with Crippen molar-refractivity contribution < 1.29 is 44.0 Å². The van der Waals surface area contributed by atoms with Crippen molar-refractivity contribution in [1.82, 2.24) is 19.6 Å². The quantitative estimate of drug-likeness (QED) is 0.105. The molecule has 296 valence electrons. The molecular weight excluding hydrogens is 668 g/mol. The van der Waals surface area contributed by atoms with E-state index in [4.69, 9.17) is 4.74 Å². The standard InChI is InChI=1S/C39H66N4O9/c1-5-9-18-40(22-26-44)35(47)30-33(37(49)42(23-27-45)20-11-7-3)34(38(50)43(24-28-46)21-12-8-4)31-36(48)41(19-10-6-2)25-29-52-39(51)32-16-14-13-15-17-32/h13-17,33-34,44-46H,5-12,18-31H2,1-4H3. The molecule has 0 aliphatic heterocycles. The Morgan fingerprint density at radius 3 is 1.29 bits per heavy atom. The van der Waals surface area contributed by atoms with Gasteiger partial charge in [-0.25, -0.2) is 4.79 Å². The van der Waals surface area contributed by atoms with Crippen LogP contribution in [0.25, 0.3) is 0 Å². The molecule has 2 atom stereocenters. The molecular formula is C39H66N4O9. The van der Waals surface area contributed by atoms with Gasteiger partial charge in [0.05, 0.1) is 43.8 Å². The normalized spacial score (nSPS) is 12.1. The first-order chi connectivity index (χ1) is 25.1. The zero-order valence-corrected chi connectivity index (χ0v) is 32.2. The molecule has 2 unspecified atom stereocenters. The Labute approximate surface area is 311 Å². The molecule has 1 aromatic rings. The van der Waals surface area contributed by atoms with Crippen LogP contribution < -0.4 is 0 Å². The summed E-state index contributed by atoms with van der Waals surface area (Å²) in [5, 5.41) is 29.6. The van der Waals surface area contributed by atoms with Gasteiger partial charge in [-0.2, -0.15) is 0 Å². The van der Waals surface area contributed by atoms with Crippen LogP contribution >= 0.6 is 0 Å². The summed E-state index contributed by atoms with van der Waals surface area (Å²) in [4.78, 5) is 75.8. The first kappa shape index (κ1) is 46.5. The Morgan fingerprint density at radius 2 is 0.904 bits per heavy atom. The van der Waals surface area contributed by atoms with Gasteiger partial charge in [-0.05, 0) is 37.8 Å². The number of carbonyl (C=O) groups is 5. The minimum Gasteiger partial charge on any atom is -0.460 e. The summed E-state index contributed by atoms with van der Waals surface area (Å²) < 4.78 is 5.48. The van der Waals surface area contributed by atoms with Crippen molar-refractivity contribution in [2.45, 2.75) is 91.9 Å². The van der Waals surface area contributed by atoms with Crippen LogP contribution in [-0.4, -0.2) is 143 Å². The van der Waals surface area contributed by atoms with Crippen molar-refractivity contribution in [3.63, 3.8) is 0 Å². The van der Waals surface area contributed by atoms with Gasteiger partial charge in [-0.15, -0.1) is 0 Å². The Morgan fingerprint density at radius 1 is 0.538 bits per heavy atom. The van der Waals surface area contributed by atoms with Crippen LogP contribution in [-0.2, 0) is 23.9 Å². The van der Waals surface area contributed by atoms with Gasteiger partial charge in [0, 0.05) is 58.7 Å². The van der Waals surface area contributed by atoms with Gasteiger partial charge >= 0.3 is 5.97 Å². The van der Waals surface area contributed by atoms with Gasteiger partial charge in [0.15, 0.2) is 0 Å². The summed E-state index contributed by atoms with van der Waals surface area (Å²) in [6, 6.07) is 8.52. The first-order valence-electron chi connectivity index (χ1n) is 19.3. The summed E-state index contributed by atoms with van der Waals surface area (Å²) in [5.41, 5.74) is 0.381. The third kappa shape index (κ3) is 16.9. The van der Waals surface area contributed by atoms with Crippen LogP contribution in [0.3, 0.4) is 0 Å². The molecule has 0 heterocycles. The lowest BCUT2D eigenvalue weighted by Gasteiger charge is -2.35. The van der Waals surface area contributed by atoms with E-state index in [0.717, 1.165) is 25.7 Å². The van der Waals surface area contributed by atoms with Gasteiger partial charge in [-0.1, -0.05) is 71.6 Å². The molecule has 1 rings (SSSR count). The van der Waals surface area contributed by atoms with Crippen LogP contribution in [0, 0.1) is 11.8 Å². The molecule has 52 heavy (non-hydrogen) atoms. The molecule has 13 nitrogen and oxygen atoms in total. The number of nitrogens with zero attached hydrogens (tertiary/aromatic N) is 4. The molecule has 0 fully saturated rings. The van der Waals surface area contributed by atoms with Crippen LogP contribution in [0.4, 0.5) is 0 Å². The lowest BCUT2D eigenvalue weighted by molar-refractivity contribution is -0.153. The predicted octanol–water partition coefficient (Wildman–Crippen LogP) is 3.35. The number of amides is 4. The van der Waals surface area contributed by atoms with Gasteiger partial charge in [0.1, 0.15) is 6.61 Å². The largest absolute Gasteiger partial charge is 0.460 e. The maximum absolute atomic E-state index is 14.6. The van der Waals surface area contributed by atoms with Crippen LogP contribution in [0.5, 0.6) is 0 Å². The van der Waals surface area contributed by atoms with Gasteiger partial charge in [0.25, 0.3) is 0 Å². The molecule has 0 saturated carbocycles. The number of unbranched alkanes of at least 4 members (excludes halogenated alkanes) is 4. The smallest absolute Gasteiger partial charge is 0.338 e. The summed E-state index contributed by atoms with van der Waals surface area (Å²) in [6.07, 6.45) is 4.96. The molecule has 0 radical (unpaired) electrons. The number of carbonyl (C=O) groups excluding carboxylic acids is 5. The van der Waals surface area contributed by atoms with E-state index >= 15 is 0 Å². The van der Waals surface area contributed by atoms with Crippen molar-refractivity contribution >= 4 is 29.6 Å². The highest BCUT2D eigenvalue weighted by molar-refractivity contribution is 5.94. The molecule has 0 saturated heterocycles. The number of hydrogen-bond donors (Lipinski definition) is 3. The molecule has 4 amide bonds. The molecule has 1 aromatic carbocycles. The number of aliphatic hydroxyl groups excluding tert-OH is 3. The maximum Gasteiger partial charge on any atom is 0.338 e. The van der Waals surface area contributed by atoms with Crippen molar-refractivity contribution in [3.8, 4) is 0 Å². The number of hydrogen-bond acceptors (Lipinski definition) is 9. The van der Waals surface area contributed by atoms with Gasteiger partial charge in [-0.3, -0.25) is 19.2 Å². The lowest BCUT2D eigenvalue weighted by atomic mass is 9.83. The third-order valence-electron chi connectivity index (χ3n) is 9.08. The molecule has 13 heteroatoms. The van der Waals surface area contributed by atoms with Crippen molar-refractivity contribution in [2.24, 2.45) is 11.8 Å². The summed E-state index contributed by atoms with van der Waals surface area (Å²) in [7, 11) is 0. The number of aliphatic hydroxyl groups is 3. The molecule has 0 spiro atoms. The Balaban J connectivity index is 3.66. The van der Waals surface area contributed by atoms with Crippen molar-refractivity contribution in [1.29, 1.82) is 0 Å². The number of benzene rings is 1. The molecule has 0 aromatic heterocycles. The highest BCUT2D eigenvalue weighted by Gasteiger charge is 2.41. The zero-order chi connectivity index (χ0) is 38.7. The average molecular weight is 735 g/mol. The molecule has 0 bridgehead atoms. The van der Waals surface area contributed by atoms with Gasteiger partial charge in [0.2, 0.25) is 23.6 Å². The second-order valence-electron chi connectivity index (χ2n) is 13.1. The number of rotatable bonds is 29. The van der Waals surface area contributed by atoms with E-state index in [-0.39, 0.29) is 65.4 Å². The monoisotopic (exact) mass is 734 g/mol. The van der Waals surface area contributed by atoms with E-state index in [2.05, 4.69) is 0 Å². The Hall–Kier alpha value is -3.55. The Bertz CT molecular complexity index is 1170. The van der Waals surface area contributed by atoms with E-state index < -0.39 is 41.4 Å². The summed E-state index contributed by atoms with van der Waals surface area (Å²) in [6.45, 7) is 8.34. The average Bonchev–Trinajstić information content (AvgIpc) is 3.15. The minimum atomic E-state index is -1.26. The Kier molecular flexibility index (Phi) is 25.0.